The zero-order chi connectivity index (χ0) is 13.6. The summed E-state index contributed by atoms with van der Waals surface area (Å²) in [6.45, 7) is -0.207. The normalized spacial score (nSPS) is 27.2. The van der Waals surface area contributed by atoms with Gasteiger partial charge in [0.1, 0.15) is 23.3 Å². The molecule has 2 aromatic heterocycles. The molecule has 1 fully saturated rings. The Kier molecular flexibility index (Phi) is 3.10. The van der Waals surface area contributed by atoms with E-state index in [-0.39, 0.29) is 12.8 Å². The van der Waals surface area contributed by atoms with Crippen LogP contribution in [0.1, 0.15) is 12.6 Å². The van der Waals surface area contributed by atoms with Gasteiger partial charge >= 0.3 is 0 Å². The van der Waals surface area contributed by atoms with Gasteiger partial charge in [0.05, 0.1) is 18.2 Å². The fourth-order valence-corrected chi connectivity index (χ4v) is 2.64. The zero-order valence-corrected chi connectivity index (χ0v) is 10.8. The molecule has 0 aliphatic carbocycles. The molecule has 1 aliphatic heterocycles. The van der Waals surface area contributed by atoms with Crippen molar-refractivity contribution >= 4 is 28.3 Å². The van der Waals surface area contributed by atoms with Gasteiger partial charge in [-0.3, -0.25) is 0 Å². The van der Waals surface area contributed by atoms with Crippen molar-refractivity contribution in [3.63, 3.8) is 0 Å². The summed E-state index contributed by atoms with van der Waals surface area (Å²) in [6, 6.07) is 3.53. The van der Waals surface area contributed by atoms with E-state index in [2.05, 4.69) is 4.98 Å². The van der Waals surface area contributed by atoms with Gasteiger partial charge in [-0.05, 0) is 6.07 Å². The Morgan fingerprint density at radius 2 is 2.37 bits per heavy atom. The van der Waals surface area contributed by atoms with E-state index in [4.69, 9.17) is 27.2 Å². The quantitative estimate of drug-likeness (QED) is 0.713. The number of rotatable bonds is 2. The molecule has 2 aromatic rings. The minimum absolute atomic E-state index is 0.207. The molecule has 0 amide bonds. The smallest absolute Gasteiger partial charge is 0.137 e. The van der Waals surface area contributed by atoms with Crippen molar-refractivity contribution in [3.05, 3.63) is 23.5 Å². The van der Waals surface area contributed by atoms with Crippen molar-refractivity contribution in [1.29, 1.82) is 0 Å². The summed E-state index contributed by atoms with van der Waals surface area (Å²) < 4.78 is 7.46. The second kappa shape index (κ2) is 4.64. The SMILES string of the molecule is Nc1nc(Cl)cc2c1ccn2[C@@H]1C[C@H](O)[C@@H](CO)O1. The van der Waals surface area contributed by atoms with Crippen LogP contribution in [0.25, 0.3) is 10.9 Å². The Morgan fingerprint density at radius 3 is 3.05 bits per heavy atom. The molecule has 0 saturated carbocycles. The predicted molar refractivity (Wildman–Crippen MR) is 70.8 cm³/mol. The number of hydrogen-bond acceptors (Lipinski definition) is 5. The van der Waals surface area contributed by atoms with E-state index < -0.39 is 12.2 Å². The van der Waals surface area contributed by atoms with Crippen molar-refractivity contribution in [3.8, 4) is 0 Å². The largest absolute Gasteiger partial charge is 0.394 e. The lowest BCUT2D eigenvalue weighted by Crippen LogP contribution is -2.24. The number of pyridine rings is 1. The van der Waals surface area contributed by atoms with Crippen LogP contribution in [0.3, 0.4) is 0 Å². The molecule has 19 heavy (non-hydrogen) atoms. The van der Waals surface area contributed by atoms with Crippen molar-refractivity contribution in [1.82, 2.24) is 9.55 Å². The summed E-state index contributed by atoms with van der Waals surface area (Å²) >= 11 is 5.91. The van der Waals surface area contributed by atoms with Crippen LogP contribution in [0, 0.1) is 0 Å². The average Bonchev–Trinajstić information content (AvgIpc) is 2.92. The first-order chi connectivity index (χ1) is 9.10. The van der Waals surface area contributed by atoms with Crippen LogP contribution in [0.5, 0.6) is 0 Å². The molecule has 6 nitrogen and oxygen atoms in total. The first kappa shape index (κ1) is 12.7. The van der Waals surface area contributed by atoms with Gasteiger partial charge < -0.3 is 25.3 Å². The van der Waals surface area contributed by atoms with Crippen LogP contribution in [-0.4, -0.2) is 38.6 Å². The van der Waals surface area contributed by atoms with E-state index in [0.717, 1.165) is 10.9 Å². The molecule has 102 valence electrons. The Labute approximate surface area is 114 Å². The van der Waals surface area contributed by atoms with E-state index in [1.54, 1.807) is 6.07 Å². The van der Waals surface area contributed by atoms with Crippen LogP contribution >= 0.6 is 11.6 Å². The monoisotopic (exact) mass is 283 g/mol. The number of nitrogens with two attached hydrogens (primary N) is 1. The molecular weight excluding hydrogens is 270 g/mol. The fourth-order valence-electron chi connectivity index (χ4n) is 2.45. The third kappa shape index (κ3) is 2.06. The van der Waals surface area contributed by atoms with E-state index in [1.165, 1.54) is 0 Å². The Hall–Kier alpha value is -1.34. The molecule has 7 heteroatoms. The number of aliphatic hydroxyl groups excluding tert-OH is 2. The van der Waals surface area contributed by atoms with Gasteiger partial charge in [-0.15, -0.1) is 0 Å². The van der Waals surface area contributed by atoms with E-state index in [9.17, 15) is 5.11 Å². The van der Waals surface area contributed by atoms with Crippen LogP contribution < -0.4 is 5.73 Å². The highest BCUT2D eigenvalue weighted by atomic mass is 35.5. The highest BCUT2D eigenvalue weighted by molar-refractivity contribution is 6.30. The van der Waals surface area contributed by atoms with Gasteiger partial charge in [-0.2, -0.15) is 0 Å². The number of nitrogens with zero attached hydrogens (tertiary/aromatic N) is 2. The second-order valence-corrected chi connectivity index (χ2v) is 4.99. The fraction of sp³-hybridized carbons (Fsp3) is 0.417. The van der Waals surface area contributed by atoms with Crippen molar-refractivity contribution in [2.24, 2.45) is 0 Å². The molecule has 0 spiro atoms. The summed E-state index contributed by atoms with van der Waals surface area (Å²) in [4.78, 5) is 3.99. The number of aromatic nitrogens is 2. The summed E-state index contributed by atoms with van der Waals surface area (Å²) in [5, 5.41) is 20.0. The average molecular weight is 284 g/mol. The number of halogens is 1. The van der Waals surface area contributed by atoms with Crippen molar-refractivity contribution in [2.75, 3.05) is 12.3 Å². The molecule has 0 aromatic carbocycles. The summed E-state index contributed by atoms with van der Waals surface area (Å²) in [6.07, 6.45) is 0.645. The molecular formula is C12H14ClN3O3. The highest BCUT2D eigenvalue weighted by Gasteiger charge is 2.34. The zero-order valence-electron chi connectivity index (χ0n) is 10.0. The summed E-state index contributed by atoms with van der Waals surface area (Å²) in [5.41, 5.74) is 6.61. The number of ether oxygens (including phenoxy) is 1. The first-order valence-corrected chi connectivity index (χ1v) is 6.35. The molecule has 3 rings (SSSR count). The third-order valence-electron chi connectivity index (χ3n) is 3.41. The van der Waals surface area contributed by atoms with Gasteiger partial charge in [0, 0.05) is 24.1 Å². The number of aliphatic hydroxyl groups is 2. The Balaban J connectivity index is 2.02. The molecule has 3 heterocycles. The number of anilines is 1. The van der Waals surface area contributed by atoms with E-state index >= 15 is 0 Å². The van der Waals surface area contributed by atoms with Crippen LogP contribution in [0.15, 0.2) is 18.3 Å². The van der Waals surface area contributed by atoms with Crippen LogP contribution in [0.4, 0.5) is 5.82 Å². The van der Waals surface area contributed by atoms with Gasteiger partial charge in [0.15, 0.2) is 0 Å². The summed E-state index contributed by atoms with van der Waals surface area (Å²) in [5.74, 6) is 0.360. The maximum atomic E-state index is 9.78. The van der Waals surface area contributed by atoms with Gasteiger partial charge in [0.2, 0.25) is 0 Å². The molecule has 4 N–H and O–H groups in total. The Bertz CT molecular complexity index is 616. The highest BCUT2D eigenvalue weighted by Crippen LogP contribution is 2.33. The molecule has 0 unspecified atom stereocenters. The van der Waals surface area contributed by atoms with Gasteiger partial charge in [0.25, 0.3) is 0 Å². The third-order valence-corrected chi connectivity index (χ3v) is 3.60. The van der Waals surface area contributed by atoms with Gasteiger partial charge in [-0.25, -0.2) is 4.98 Å². The number of fused-ring (bicyclic) bond motifs is 1. The van der Waals surface area contributed by atoms with Crippen LogP contribution in [-0.2, 0) is 4.74 Å². The topological polar surface area (TPSA) is 93.5 Å². The Morgan fingerprint density at radius 1 is 1.58 bits per heavy atom. The maximum absolute atomic E-state index is 9.78. The van der Waals surface area contributed by atoms with E-state index in [0.29, 0.717) is 17.4 Å². The van der Waals surface area contributed by atoms with Crippen LogP contribution in [0.2, 0.25) is 5.15 Å². The molecule has 1 saturated heterocycles. The maximum Gasteiger partial charge on any atom is 0.137 e. The van der Waals surface area contributed by atoms with Crippen molar-refractivity contribution < 1.29 is 14.9 Å². The lowest BCUT2D eigenvalue weighted by molar-refractivity contribution is -0.0428. The number of hydrogen-bond donors (Lipinski definition) is 3. The minimum atomic E-state index is -0.679. The number of nitrogen functional groups attached to an aromatic ring is 1. The standard InChI is InChI=1S/C12H14ClN3O3/c13-10-3-7-6(12(14)15-10)1-2-16(7)11-4-8(18)9(5-17)19-11/h1-3,8-9,11,17-18H,4-5H2,(H2,14,15)/t8-,9+,11-/m0/s1. The minimum Gasteiger partial charge on any atom is -0.394 e. The first-order valence-electron chi connectivity index (χ1n) is 5.97. The molecule has 1 aliphatic rings. The summed E-state index contributed by atoms with van der Waals surface area (Å²) in [7, 11) is 0. The molecule has 0 bridgehead atoms. The predicted octanol–water partition coefficient (Wildman–Crippen LogP) is 0.913. The lowest BCUT2D eigenvalue weighted by atomic mass is 10.2. The lowest BCUT2D eigenvalue weighted by Gasteiger charge is -2.15. The molecule has 3 atom stereocenters. The molecule has 0 radical (unpaired) electrons. The van der Waals surface area contributed by atoms with Gasteiger partial charge in [-0.1, -0.05) is 11.6 Å². The van der Waals surface area contributed by atoms with E-state index in [1.807, 2.05) is 16.8 Å². The second-order valence-electron chi connectivity index (χ2n) is 4.60. The van der Waals surface area contributed by atoms with Crippen molar-refractivity contribution in [2.45, 2.75) is 24.9 Å².